The molecule has 5 rings (SSSR count). The number of methoxy groups -OCH3 is 1. The minimum absolute atomic E-state index is 0.0588. The van der Waals surface area contributed by atoms with Crippen LogP contribution in [0.2, 0.25) is 0 Å². The second kappa shape index (κ2) is 26.1. The fourth-order valence-electron chi connectivity index (χ4n) is 7.31. The number of benzene rings is 3. The van der Waals surface area contributed by atoms with Crippen LogP contribution in [0.4, 0.5) is 0 Å². The Balaban J connectivity index is 1.01. The SMILES string of the molecule is C=CC(=O)OCCCCOc1ccc(OC(=O)C2CCC(C(=O)Oc3ccc(OC(=O)C4CCC(C(=O)Oc5ccc(OCCCCOC(=O)C=C)cc5)CC4)c(C(=O)OC)c3)CC2)cc1. The lowest BCUT2D eigenvalue weighted by atomic mass is 9.82. The van der Waals surface area contributed by atoms with Crippen LogP contribution in [0.1, 0.15) is 87.4 Å². The molecule has 0 N–H and O–H groups in total. The van der Waals surface area contributed by atoms with E-state index in [1.54, 1.807) is 48.5 Å². The minimum atomic E-state index is -0.799. The van der Waals surface area contributed by atoms with Crippen molar-refractivity contribution in [1.29, 1.82) is 0 Å². The van der Waals surface area contributed by atoms with Crippen LogP contribution < -0.4 is 28.4 Å². The number of hydrogen-bond acceptors (Lipinski definition) is 16. The Morgan fingerprint density at radius 3 is 1.18 bits per heavy atom. The molecule has 0 saturated heterocycles. The summed E-state index contributed by atoms with van der Waals surface area (Å²) in [5.41, 5.74) is -0.105. The number of esters is 7. The van der Waals surface area contributed by atoms with E-state index in [1.807, 2.05) is 0 Å². The summed E-state index contributed by atoms with van der Waals surface area (Å²) in [7, 11) is 1.18. The predicted molar refractivity (Wildman–Crippen MR) is 236 cm³/mol. The zero-order valence-electron chi connectivity index (χ0n) is 37.1. The number of ether oxygens (including phenoxy) is 9. The number of carbonyl (C=O) groups excluding carboxylic acids is 7. The monoisotopic (exact) mass is 912 g/mol. The van der Waals surface area contributed by atoms with Gasteiger partial charge in [0.1, 0.15) is 40.1 Å². The molecule has 0 amide bonds. The zero-order valence-corrected chi connectivity index (χ0v) is 37.1. The molecule has 16 heteroatoms. The largest absolute Gasteiger partial charge is 0.494 e. The van der Waals surface area contributed by atoms with Crippen LogP contribution in [-0.4, -0.2) is 75.3 Å². The van der Waals surface area contributed by atoms with Gasteiger partial charge in [0.25, 0.3) is 0 Å². The van der Waals surface area contributed by atoms with Gasteiger partial charge in [0.15, 0.2) is 0 Å². The van der Waals surface area contributed by atoms with E-state index in [0.29, 0.717) is 113 Å². The first kappa shape index (κ1) is 50.0. The van der Waals surface area contributed by atoms with Crippen molar-refractivity contribution in [3.8, 4) is 34.5 Å². The van der Waals surface area contributed by atoms with Gasteiger partial charge in [-0.1, -0.05) is 13.2 Å². The van der Waals surface area contributed by atoms with E-state index in [0.717, 1.165) is 12.2 Å². The molecule has 0 bridgehead atoms. The van der Waals surface area contributed by atoms with Crippen molar-refractivity contribution in [2.24, 2.45) is 23.7 Å². The van der Waals surface area contributed by atoms with Gasteiger partial charge < -0.3 is 42.6 Å². The maximum absolute atomic E-state index is 13.3. The number of unbranched alkanes of at least 4 members (excludes halogenated alkanes) is 2. The average molecular weight is 913 g/mol. The van der Waals surface area contributed by atoms with Crippen LogP contribution >= 0.6 is 0 Å². The van der Waals surface area contributed by atoms with Crippen LogP contribution in [0.15, 0.2) is 92.0 Å². The van der Waals surface area contributed by atoms with Gasteiger partial charge in [0.05, 0.1) is 57.2 Å². The van der Waals surface area contributed by atoms with E-state index >= 15 is 0 Å². The fraction of sp³-hybridized carbons (Fsp3) is 0.420. The van der Waals surface area contributed by atoms with Crippen LogP contribution in [0.5, 0.6) is 34.5 Å². The molecule has 0 atom stereocenters. The van der Waals surface area contributed by atoms with Crippen molar-refractivity contribution in [2.45, 2.75) is 77.0 Å². The van der Waals surface area contributed by atoms with Gasteiger partial charge in [-0.05, 0) is 144 Å². The Kier molecular flexibility index (Phi) is 19.8. The Labute approximate surface area is 383 Å². The van der Waals surface area contributed by atoms with E-state index in [2.05, 4.69) is 13.2 Å². The van der Waals surface area contributed by atoms with E-state index < -0.39 is 65.5 Å². The lowest BCUT2D eigenvalue weighted by Crippen LogP contribution is -2.31. The molecule has 2 saturated carbocycles. The molecular weight excluding hydrogens is 857 g/mol. The molecule has 0 heterocycles. The van der Waals surface area contributed by atoms with Crippen LogP contribution in [0.3, 0.4) is 0 Å². The molecule has 16 nitrogen and oxygen atoms in total. The van der Waals surface area contributed by atoms with Crippen LogP contribution in [0.25, 0.3) is 0 Å². The highest BCUT2D eigenvalue weighted by molar-refractivity contribution is 5.94. The fourth-order valence-corrected chi connectivity index (χ4v) is 7.31. The third-order valence-corrected chi connectivity index (χ3v) is 11.1. The lowest BCUT2D eigenvalue weighted by molar-refractivity contribution is -0.145. The Hall–Kier alpha value is -6.97. The van der Waals surface area contributed by atoms with E-state index in [1.165, 1.54) is 25.3 Å². The molecule has 0 spiro atoms. The second-order valence-corrected chi connectivity index (χ2v) is 15.7. The summed E-state index contributed by atoms with van der Waals surface area (Å²) in [6.07, 6.45) is 8.02. The van der Waals surface area contributed by atoms with Crippen LogP contribution in [-0.2, 0) is 43.0 Å². The van der Waals surface area contributed by atoms with Gasteiger partial charge in [-0.3, -0.25) is 19.2 Å². The summed E-state index contributed by atoms with van der Waals surface area (Å²) in [5.74, 6) is -3.51. The molecule has 2 fully saturated rings. The van der Waals surface area contributed by atoms with Gasteiger partial charge in [-0.15, -0.1) is 0 Å². The normalized spacial score (nSPS) is 17.7. The quantitative estimate of drug-likeness (QED) is 0.0292. The molecule has 0 aromatic heterocycles. The Morgan fingerprint density at radius 1 is 0.470 bits per heavy atom. The van der Waals surface area contributed by atoms with Crippen molar-refractivity contribution in [3.05, 3.63) is 97.6 Å². The van der Waals surface area contributed by atoms with Crippen LogP contribution in [0, 0.1) is 23.7 Å². The Morgan fingerprint density at radius 2 is 0.803 bits per heavy atom. The summed E-state index contributed by atoms with van der Waals surface area (Å²) in [4.78, 5) is 87.4. The van der Waals surface area contributed by atoms with Crippen molar-refractivity contribution >= 4 is 41.8 Å². The molecule has 3 aromatic rings. The van der Waals surface area contributed by atoms with Crippen molar-refractivity contribution < 1.29 is 76.2 Å². The highest BCUT2D eigenvalue weighted by atomic mass is 16.6. The topological polar surface area (TPSA) is 203 Å². The average Bonchev–Trinajstić information content (AvgIpc) is 3.34. The first-order chi connectivity index (χ1) is 32.0. The molecule has 0 radical (unpaired) electrons. The van der Waals surface area contributed by atoms with Crippen molar-refractivity contribution in [3.63, 3.8) is 0 Å². The zero-order chi connectivity index (χ0) is 47.3. The predicted octanol–water partition coefficient (Wildman–Crippen LogP) is 7.88. The number of hydrogen-bond donors (Lipinski definition) is 0. The number of rotatable bonds is 23. The summed E-state index contributed by atoms with van der Waals surface area (Å²) in [6.45, 7) is 8.12. The molecule has 352 valence electrons. The first-order valence-corrected chi connectivity index (χ1v) is 22.1. The summed E-state index contributed by atoms with van der Waals surface area (Å²) in [5, 5.41) is 0. The molecule has 2 aliphatic carbocycles. The lowest BCUT2D eigenvalue weighted by Gasteiger charge is -2.26. The minimum Gasteiger partial charge on any atom is -0.494 e. The smallest absolute Gasteiger partial charge is 0.341 e. The first-order valence-electron chi connectivity index (χ1n) is 22.1. The molecular formula is C50H56O16. The summed E-state index contributed by atoms with van der Waals surface area (Å²) < 4.78 is 48.7. The van der Waals surface area contributed by atoms with Crippen molar-refractivity contribution in [1.82, 2.24) is 0 Å². The van der Waals surface area contributed by atoms with Gasteiger partial charge in [-0.25, -0.2) is 14.4 Å². The van der Waals surface area contributed by atoms with Crippen molar-refractivity contribution in [2.75, 3.05) is 33.5 Å². The molecule has 2 aliphatic rings. The third-order valence-electron chi connectivity index (χ3n) is 11.1. The standard InChI is InChI=1S/C50H56O16/c1-4-44(51)61-30-8-6-28-59-37-18-22-39(23-19-37)63-46(53)33-10-12-35(13-11-33)48(55)65-41-26-27-43(42(32-41)50(57)58-3)66-49(56)36-16-14-34(15-17-36)47(54)64-40-24-20-38(21-25-40)60-29-7-9-31-62-45(52)5-2/h4-5,18-27,32-36H,1-2,6-17,28-31H2,3H3. The molecule has 66 heavy (non-hydrogen) atoms. The molecule has 0 aliphatic heterocycles. The van der Waals surface area contributed by atoms with E-state index in [-0.39, 0.29) is 30.3 Å². The van der Waals surface area contributed by atoms with Gasteiger partial charge in [0.2, 0.25) is 0 Å². The van der Waals surface area contributed by atoms with Gasteiger partial charge >= 0.3 is 41.8 Å². The third kappa shape index (κ3) is 15.9. The molecule has 3 aromatic carbocycles. The second-order valence-electron chi connectivity index (χ2n) is 15.7. The van der Waals surface area contributed by atoms with Gasteiger partial charge in [-0.2, -0.15) is 0 Å². The highest BCUT2D eigenvalue weighted by Gasteiger charge is 2.34. The molecule has 0 unspecified atom stereocenters. The summed E-state index contributed by atoms with van der Waals surface area (Å²) >= 11 is 0. The number of carbonyl (C=O) groups is 7. The van der Waals surface area contributed by atoms with Gasteiger partial charge in [0, 0.05) is 12.2 Å². The van der Waals surface area contributed by atoms with E-state index in [9.17, 15) is 33.6 Å². The maximum Gasteiger partial charge on any atom is 0.341 e. The maximum atomic E-state index is 13.3. The van der Waals surface area contributed by atoms with E-state index in [4.69, 9.17) is 42.6 Å². The Bertz CT molecular complexity index is 2150. The summed E-state index contributed by atoms with van der Waals surface area (Å²) in [6, 6.07) is 17.4. The highest BCUT2D eigenvalue weighted by Crippen LogP contribution is 2.35.